The van der Waals surface area contributed by atoms with Crippen LogP contribution in [-0.4, -0.2) is 51.8 Å². The quantitative estimate of drug-likeness (QED) is 0.671. The van der Waals surface area contributed by atoms with Crippen LogP contribution in [0.5, 0.6) is 0 Å². The molecule has 7 nitrogen and oxygen atoms in total. The highest BCUT2D eigenvalue weighted by molar-refractivity contribution is 6.04. The van der Waals surface area contributed by atoms with E-state index in [0.717, 1.165) is 17.7 Å². The van der Waals surface area contributed by atoms with E-state index >= 15 is 0 Å². The normalized spacial score (nSPS) is 20.2. The molecule has 0 bridgehead atoms. The summed E-state index contributed by atoms with van der Waals surface area (Å²) < 4.78 is 27.3. The van der Waals surface area contributed by atoms with Gasteiger partial charge >= 0.3 is 0 Å². The molecule has 1 aliphatic heterocycles. The van der Waals surface area contributed by atoms with Gasteiger partial charge in [-0.25, -0.2) is 8.78 Å². The summed E-state index contributed by atoms with van der Waals surface area (Å²) in [6.45, 7) is 1.33. The molecule has 1 aliphatic rings. The average molecular weight is 457 g/mol. The molecule has 3 amide bonds. The van der Waals surface area contributed by atoms with Gasteiger partial charge in [-0.05, 0) is 36.6 Å². The molecule has 3 N–H and O–H groups in total. The van der Waals surface area contributed by atoms with E-state index in [1.807, 2.05) is 30.3 Å². The molecule has 1 heterocycles. The van der Waals surface area contributed by atoms with Gasteiger partial charge in [0.05, 0.1) is 12.1 Å². The third kappa shape index (κ3) is 5.15. The second kappa shape index (κ2) is 10.0. The van der Waals surface area contributed by atoms with E-state index in [9.17, 15) is 28.3 Å². The Balaban J connectivity index is 1.97. The van der Waals surface area contributed by atoms with Gasteiger partial charge in [0, 0.05) is 13.1 Å². The van der Waals surface area contributed by atoms with Crippen molar-refractivity contribution in [3.8, 4) is 0 Å². The number of benzene rings is 2. The van der Waals surface area contributed by atoms with Crippen molar-refractivity contribution in [2.45, 2.75) is 37.6 Å². The molecular weight excluding hydrogens is 432 g/mol. The number of carbonyl (C=O) groups excluding carboxylic acids is 3. The number of halogens is 2. The molecule has 0 spiro atoms. The van der Waals surface area contributed by atoms with Gasteiger partial charge in [0.15, 0.2) is 6.10 Å². The van der Waals surface area contributed by atoms with Gasteiger partial charge in [-0.15, -0.1) is 0 Å². The molecular formula is C24H25F2N3O4. The van der Waals surface area contributed by atoms with Gasteiger partial charge in [-0.1, -0.05) is 42.5 Å². The summed E-state index contributed by atoms with van der Waals surface area (Å²) >= 11 is 0. The molecule has 4 atom stereocenters. The first-order valence-corrected chi connectivity index (χ1v) is 10.4. The van der Waals surface area contributed by atoms with E-state index in [0.29, 0.717) is 17.4 Å². The number of hydrogen-bond acceptors (Lipinski definition) is 5. The SMILES string of the molecule is C[C@H](N)C(=O)N(C(=O)[C@H](O)c1cc(F)cc(F)c1)[C@H]1C=CC[C@@H](c2ccccc2)N(C)C1=O. The van der Waals surface area contributed by atoms with Crippen LogP contribution in [0.15, 0.2) is 60.7 Å². The summed E-state index contributed by atoms with van der Waals surface area (Å²) in [7, 11) is 1.55. The highest BCUT2D eigenvalue weighted by Crippen LogP contribution is 2.29. The first-order chi connectivity index (χ1) is 15.6. The van der Waals surface area contributed by atoms with Crippen LogP contribution in [0, 0.1) is 11.6 Å². The van der Waals surface area contributed by atoms with Crippen LogP contribution in [0.3, 0.4) is 0 Å². The number of aliphatic hydroxyl groups is 1. The van der Waals surface area contributed by atoms with Crippen LogP contribution in [0.1, 0.15) is 36.6 Å². The average Bonchev–Trinajstić information content (AvgIpc) is 2.92. The van der Waals surface area contributed by atoms with Gasteiger partial charge in [0.25, 0.3) is 5.91 Å². The Morgan fingerprint density at radius 2 is 1.73 bits per heavy atom. The zero-order chi connectivity index (χ0) is 24.3. The van der Waals surface area contributed by atoms with Gasteiger partial charge < -0.3 is 15.7 Å². The summed E-state index contributed by atoms with van der Waals surface area (Å²) in [4.78, 5) is 41.4. The highest BCUT2D eigenvalue weighted by Gasteiger charge is 2.41. The fraction of sp³-hybridized carbons (Fsp3) is 0.292. The number of nitrogens with two attached hydrogens (primary N) is 1. The molecule has 33 heavy (non-hydrogen) atoms. The molecule has 0 saturated carbocycles. The predicted octanol–water partition coefficient (Wildman–Crippen LogP) is 2.23. The number of amides is 3. The molecule has 0 fully saturated rings. The Morgan fingerprint density at radius 3 is 2.30 bits per heavy atom. The molecule has 9 heteroatoms. The molecule has 0 unspecified atom stereocenters. The Bertz CT molecular complexity index is 1050. The minimum absolute atomic E-state index is 0.343. The maximum Gasteiger partial charge on any atom is 0.263 e. The fourth-order valence-corrected chi connectivity index (χ4v) is 3.78. The summed E-state index contributed by atoms with van der Waals surface area (Å²) in [6.07, 6.45) is 1.41. The van der Waals surface area contributed by atoms with Gasteiger partial charge in [0.2, 0.25) is 11.8 Å². The molecule has 0 radical (unpaired) electrons. The predicted molar refractivity (Wildman–Crippen MR) is 116 cm³/mol. The Hall–Kier alpha value is -3.43. The van der Waals surface area contributed by atoms with Crippen LogP contribution in [0.25, 0.3) is 0 Å². The lowest BCUT2D eigenvalue weighted by atomic mass is 10.0. The van der Waals surface area contributed by atoms with E-state index in [1.165, 1.54) is 17.9 Å². The third-order valence-corrected chi connectivity index (χ3v) is 5.51. The van der Waals surface area contributed by atoms with Crippen molar-refractivity contribution in [2.24, 2.45) is 5.73 Å². The lowest BCUT2D eigenvalue weighted by Gasteiger charge is -2.34. The lowest BCUT2D eigenvalue weighted by Crippen LogP contribution is -2.56. The lowest BCUT2D eigenvalue weighted by molar-refractivity contribution is -0.158. The van der Waals surface area contributed by atoms with Crippen LogP contribution < -0.4 is 5.73 Å². The molecule has 174 valence electrons. The highest BCUT2D eigenvalue weighted by atomic mass is 19.1. The number of carbonyl (C=O) groups is 3. The van der Waals surface area contributed by atoms with Crippen LogP contribution in [-0.2, 0) is 14.4 Å². The number of imide groups is 1. The summed E-state index contributed by atoms with van der Waals surface area (Å²) in [5, 5.41) is 10.6. The number of hydrogen-bond donors (Lipinski definition) is 2. The van der Waals surface area contributed by atoms with E-state index in [-0.39, 0.29) is 11.6 Å². The number of aliphatic hydroxyl groups excluding tert-OH is 1. The topological polar surface area (TPSA) is 104 Å². The third-order valence-electron chi connectivity index (χ3n) is 5.51. The Morgan fingerprint density at radius 1 is 1.12 bits per heavy atom. The molecule has 0 aliphatic carbocycles. The standard InChI is InChI=1S/C24H25F2N3O4/c1-14(27)22(31)29(24(33)21(30)16-11-17(25)13-18(26)12-16)20-10-6-9-19(28(2)23(20)32)15-7-4-3-5-8-15/h3-8,10-14,19-21,30H,9,27H2,1-2H3/t14-,19-,20-,21+/m0/s1. The molecule has 2 aromatic carbocycles. The van der Waals surface area contributed by atoms with Gasteiger partial charge in [-0.2, -0.15) is 0 Å². The van der Waals surface area contributed by atoms with E-state index in [1.54, 1.807) is 13.1 Å². The van der Waals surface area contributed by atoms with Crippen molar-refractivity contribution in [3.63, 3.8) is 0 Å². The van der Waals surface area contributed by atoms with Crippen molar-refractivity contribution in [1.29, 1.82) is 0 Å². The molecule has 0 aromatic heterocycles. The number of nitrogens with zero attached hydrogens (tertiary/aromatic N) is 2. The maximum atomic E-state index is 13.6. The first kappa shape index (κ1) is 24.2. The monoisotopic (exact) mass is 457 g/mol. The van der Waals surface area contributed by atoms with Crippen molar-refractivity contribution in [2.75, 3.05) is 7.05 Å². The zero-order valence-electron chi connectivity index (χ0n) is 18.2. The molecule has 3 rings (SSSR count). The Kier molecular flexibility index (Phi) is 7.35. The van der Waals surface area contributed by atoms with E-state index in [2.05, 4.69) is 0 Å². The minimum atomic E-state index is -2.09. The van der Waals surface area contributed by atoms with E-state index < -0.39 is 47.5 Å². The fourth-order valence-electron chi connectivity index (χ4n) is 3.78. The van der Waals surface area contributed by atoms with Crippen molar-refractivity contribution >= 4 is 17.7 Å². The first-order valence-electron chi connectivity index (χ1n) is 10.4. The van der Waals surface area contributed by atoms with Crippen molar-refractivity contribution < 1.29 is 28.3 Å². The second-order valence-corrected chi connectivity index (χ2v) is 7.92. The minimum Gasteiger partial charge on any atom is -0.378 e. The van der Waals surface area contributed by atoms with Crippen molar-refractivity contribution in [3.05, 3.63) is 83.4 Å². The van der Waals surface area contributed by atoms with E-state index in [4.69, 9.17) is 5.73 Å². The van der Waals surface area contributed by atoms with Crippen LogP contribution in [0.2, 0.25) is 0 Å². The van der Waals surface area contributed by atoms with Crippen LogP contribution >= 0.6 is 0 Å². The van der Waals surface area contributed by atoms with Crippen LogP contribution in [0.4, 0.5) is 8.78 Å². The smallest absolute Gasteiger partial charge is 0.263 e. The van der Waals surface area contributed by atoms with Gasteiger partial charge in [-0.3, -0.25) is 19.3 Å². The molecule has 2 aromatic rings. The van der Waals surface area contributed by atoms with Gasteiger partial charge in [0.1, 0.15) is 17.7 Å². The maximum absolute atomic E-state index is 13.6. The number of likely N-dealkylation sites (N-methyl/N-ethyl adjacent to an activating group) is 1. The summed E-state index contributed by atoms with van der Waals surface area (Å²) in [5.41, 5.74) is 6.19. The van der Waals surface area contributed by atoms with Crippen molar-refractivity contribution in [1.82, 2.24) is 9.80 Å². The number of rotatable bonds is 5. The Labute approximate surface area is 190 Å². The summed E-state index contributed by atoms with van der Waals surface area (Å²) in [5.74, 6) is -4.70. The second-order valence-electron chi connectivity index (χ2n) is 7.92. The zero-order valence-corrected chi connectivity index (χ0v) is 18.2. The molecule has 0 saturated heterocycles. The largest absolute Gasteiger partial charge is 0.378 e. The summed E-state index contributed by atoms with van der Waals surface area (Å²) in [6, 6.07) is 8.48.